The summed E-state index contributed by atoms with van der Waals surface area (Å²) in [7, 11) is 0. The average Bonchev–Trinajstić information content (AvgIpc) is 3.63. The van der Waals surface area contributed by atoms with Gasteiger partial charge in [0.25, 0.3) is 0 Å². The molecule has 1 unspecified atom stereocenters. The highest BCUT2D eigenvalue weighted by molar-refractivity contribution is 5.89. The van der Waals surface area contributed by atoms with Gasteiger partial charge in [0.15, 0.2) is 0 Å². The summed E-state index contributed by atoms with van der Waals surface area (Å²) in [5.41, 5.74) is 3.29. The SMILES string of the molecule is O=C(OCC1CC1)c1cccc(CN2CCCC(Cc3cccc4cnccc34)C2)c1. The first kappa shape index (κ1) is 20.2. The van der Waals surface area contributed by atoms with Crippen LogP contribution in [0.15, 0.2) is 60.9 Å². The van der Waals surface area contributed by atoms with Crippen molar-refractivity contribution in [1.29, 1.82) is 0 Å². The van der Waals surface area contributed by atoms with Crippen LogP contribution in [0.2, 0.25) is 0 Å². The van der Waals surface area contributed by atoms with Crippen LogP contribution in [-0.2, 0) is 17.7 Å². The number of esters is 1. The number of carbonyl (C=O) groups excluding carboxylic acids is 1. The lowest BCUT2D eigenvalue weighted by Gasteiger charge is -2.33. The van der Waals surface area contributed by atoms with Crippen LogP contribution in [0.4, 0.5) is 0 Å². The van der Waals surface area contributed by atoms with Crippen LogP contribution in [0.5, 0.6) is 0 Å². The van der Waals surface area contributed by atoms with Gasteiger partial charge < -0.3 is 4.74 Å². The van der Waals surface area contributed by atoms with Crippen molar-refractivity contribution in [3.8, 4) is 0 Å². The van der Waals surface area contributed by atoms with E-state index in [2.05, 4.69) is 40.2 Å². The number of aromatic nitrogens is 1. The Morgan fingerprint density at radius 1 is 1.06 bits per heavy atom. The first-order valence-corrected chi connectivity index (χ1v) is 11.5. The quantitative estimate of drug-likeness (QED) is 0.495. The van der Waals surface area contributed by atoms with E-state index < -0.39 is 0 Å². The van der Waals surface area contributed by atoms with E-state index in [1.165, 1.54) is 47.6 Å². The number of carbonyl (C=O) groups is 1. The van der Waals surface area contributed by atoms with E-state index in [0.717, 1.165) is 26.1 Å². The number of nitrogens with zero attached hydrogens (tertiary/aromatic N) is 2. The Labute approximate surface area is 184 Å². The predicted molar refractivity (Wildman–Crippen MR) is 123 cm³/mol. The van der Waals surface area contributed by atoms with Crippen LogP contribution >= 0.6 is 0 Å². The molecule has 0 spiro atoms. The molecule has 31 heavy (non-hydrogen) atoms. The van der Waals surface area contributed by atoms with Gasteiger partial charge in [-0.25, -0.2) is 4.79 Å². The Morgan fingerprint density at radius 2 is 1.97 bits per heavy atom. The number of ether oxygens (including phenoxy) is 1. The number of hydrogen-bond donors (Lipinski definition) is 0. The fourth-order valence-electron chi connectivity index (χ4n) is 4.76. The van der Waals surface area contributed by atoms with E-state index in [1.54, 1.807) is 0 Å². The second kappa shape index (κ2) is 9.19. The van der Waals surface area contributed by atoms with Gasteiger partial charge >= 0.3 is 5.97 Å². The first-order chi connectivity index (χ1) is 15.2. The third-order valence-corrected chi connectivity index (χ3v) is 6.60. The maximum absolute atomic E-state index is 12.3. The summed E-state index contributed by atoms with van der Waals surface area (Å²) in [5.74, 6) is 1.06. The highest BCUT2D eigenvalue weighted by Crippen LogP contribution is 2.29. The second-order valence-electron chi connectivity index (χ2n) is 9.20. The molecule has 5 rings (SSSR count). The smallest absolute Gasteiger partial charge is 0.338 e. The maximum Gasteiger partial charge on any atom is 0.338 e. The number of hydrogen-bond acceptors (Lipinski definition) is 4. The lowest BCUT2D eigenvalue weighted by atomic mass is 9.89. The summed E-state index contributed by atoms with van der Waals surface area (Å²) in [6.45, 7) is 3.67. The third kappa shape index (κ3) is 5.13. The van der Waals surface area contributed by atoms with Gasteiger partial charge in [-0.2, -0.15) is 0 Å². The molecule has 1 aliphatic carbocycles. The summed E-state index contributed by atoms with van der Waals surface area (Å²) >= 11 is 0. The molecule has 1 atom stereocenters. The van der Waals surface area contributed by atoms with Gasteiger partial charge in [-0.1, -0.05) is 30.3 Å². The van der Waals surface area contributed by atoms with Crippen molar-refractivity contribution in [3.63, 3.8) is 0 Å². The van der Waals surface area contributed by atoms with Crippen LogP contribution in [0, 0.1) is 11.8 Å². The number of likely N-dealkylation sites (tertiary alicyclic amines) is 1. The Bertz CT molecular complexity index is 1050. The summed E-state index contributed by atoms with van der Waals surface area (Å²) < 4.78 is 5.46. The average molecular weight is 415 g/mol. The molecule has 2 aliphatic rings. The van der Waals surface area contributed by atoms with E-state index in [1.807, 2.05) is 30.6 Å². The minimum absolute atomic E-state index is 0.185. The summed E-state index contributed by atoms with van der Waals surface area (Å²) in [6.07, 6.45) is 9.82. The molecule has 2 heterocycles. The zero-order valence-corrected chi connectivity index (χ0v) is 18.0. The summed E-state index contributed by atoms with van der Waals surface area (Å²) in [6, 6.07) is 16.7. The van der Waals surface area contributed by atoms with Gasteiger partial charge in [-0.3, -0.25) is 9.88 Å². The van der Waals surface area contributed by atoms with Crippen molar-refractivity contribution >= 4 is 16.7 Å². The normalized spacial score (nSPS) is 19.4. The van der Waals surface area contributed by atoms with Crippen molar-refractivity contribution in [2.24, 2.45) is 11.8 Å². The van der Waals surface area contributed by atoms with E-state index in [9.17, 15) is 4.79 Å². The van der Waals surface area contributed by atoms with E-state index in [-0.39, 0.29) is 5.97 Å². The van der Waals surface area contributed by atoms with E-state index in [4.69, 9.17) is 4.74 Å². The molecule has 1 saturated carbocycles. The molecule has 0 amide bonds. The van der Waals surface area contributed by atoms with E-state index >= 15 is 0 Å². The van der Waals surface area contributed by atoms with Crippen LogP contribution in [0.25, 0.3) is 10.8 Å². The summed E-state index contributed by atoms with van der Waals surface area (Å²) in [4.78, 5) is 19.1. The molecule has 3 aromatic rings. The van der Waals surface area contributed by atoms with Gasteiger partial charge in [-0.05, 0) is 85.2 Å². The highest BCUT2D eigenvalue weighted by Gasteiger charge is 2.24. The van der Waals surface area contributed by atoms with Gasteiger partial charge in [0, 0.05) is 30.9 Å². The molecule has 0 N–H and O–H groups in total. The molecule has 2 fully saturated rings. The zero-order valence-electron chi connectivity index (χ0n) is 18.0. The first-order valence-electron chi connectivity index (χ1n) is 11.5. The van der Waals surface area contributed by atoms with Gasteiger partial charge in [0.05, 0.1) is 12.2 Å². The van der Waals surface area contributed by atoms with E-state index in [0.29, 0.717) is 24.0 Å². The zero-order chi connectivity index (χ0) is 21.0. The van der Waals surface area contributed by atoms with Crippen LogP contribution in [-0.4, -0.2) is 35.5 Å². The summed E-state index contributed by atoms with van der Waals surface area (Å²) in [5, 5.41) is 2.55. The molecule has 4 heteroatoms. The number of piperidine rings is 1. The van der Waals surface area contributed by atoms with Crippen molar-refractivity contribution in [2.75, 3.05) is 19.7 Å². The minimum Gasteiger partial charge on any atom is -0.462 e. The second-order valence-corrected chi connectivity index (χ2v) is 9.20. The van der Waals surface area contributed by atoms with Crippen LogP contribution < -0.4 is 0 Å². The van der Waals surface area contributed by atoms with Crippen molar-refractivity contribution in [1.82, 2.24) is 9.88 Å². The van der Waals surface area contributed by atoms with Crippen LogP contribution in [0.3, 0.4) is 0 Å². The van der Waals surface area contributed by atoms with Gasteiger partial charge in [0.1, 0.15) is 0 Å². The standard InChI is InChI=1S/C27H30N2O2/c30-27(31-19-20-9-10-20)24-7-1-4-21(15-24)17-29-13-3-5-22(18-29)14-23-6-2-8-25-16-28-12-11-26(23)25/h1-2,4,6-8,11-12,15-16,20,22H,3,5,9-10,13-14,17-19H2. The van der Waals surface area contributed by atoms with Crippen molar-refractivity contribution in [3.05, 3.63) is 77.6 Å². The number of pyridine rings is 1. The molecule has 1 aliphatic heterocycles. The minimum atomic E-state index is -0.185. The molecular weight excluding hydrogens is 384 g/mol. The van der Waals surface area contributed by atoms with Crippen molar-refractivity contribution in [2.45, 2.75) is 38.6 Å². The van der Waals surface area contributed by atoms with Gasteiger partial charge in [0.2, 0.25) is 0 Å². The Hall–Kier alpha value is -2.72. The Balaban J connectivity index is 1.21. The number of fused-ring (bicyclic) bond motifs is 1. The lowest BCUT2D eigenvalue weighted by molar-refractivity contribution is 0.0486. The fourth-order valence-corrected chi connectivity index (χ4v) is 4.76. The van der Waals surface area contributed by atoms with Crippen molar-refractivity contribution < 1.29 is 9.53 Å². The molecule has 4 nitrogen and oxygen atoms in total. The fraction of sp³-hybridized carbons (Fsp3) is 0.407. The topological polar surface area (TPSA) is 42.4 Å². The third-order valence-electron chi connectivity index (χ3n) is 6.60. The number of benzene rings is 2. The predicted octanol–water partition coefficient (Wildman–Crippen LogP) is 5.26. The number of rotatable bonds is 7. The molecule has 1 saturated heterocycles. The Kier molecular flexibility index (Phi) is 5.99. The molecule has 2 aromatic carbocycles. The molecular formula is C27H30N2O2. The van der Waals surface area contributed by atoms with Gasteiger partial charge in [-0.15, -0.1) is 0 Å². The monoisotopic (exact) mass is 414 g/mol. The lowest BCUT2D eigenvalue weighted by Crippen LogP contribution is -2.35. The molecule has 1 aromatic heterocycles. The molecule has 160 valence electrons. The largest absolute Gasteiger partial charge is 0.462 e. The molecule has 0 radical (unpaired) electrons. The maximum atomic E-state index is 12.3. The Morgan fingerprint density at radius 3 is 2.87 bits per heavy atom. The molecule has 0 bridgehead atoms. The highest BCUT2D eigenvalue weighted by atomic mass is 16.5. The van der Waals surface area contributed by atoms with Crippen LogP contribution in [0.1, 0.15) is 47.2 Å².